The van der Waals surface area contributed by atoms with Gasteiger partial charge in [0, 0.05) is 16.6 Å². The van der Waals surface area contributed by atoms with Gasteiger partial charge >= 0.3 is 0 Å². The van der Waals surface area contributed by atoms with Gasteiger partial charge in [0.25, 0.3) is 0 Å². The largest absolute Gasteiger partial charge is 0.309 e. The summed E-state index contributed by atoms with van der Waals surface area (Å²) in [6.45, 7) is 0. The molecule has 1 nitrogen and oxygen atoms in total. The molecule has 10 rings (SSSR count). The fourth-order valence-corrected chi connectivity index (χ4v) is 8.23. The lowest BCUT2D eigenvalue weighted by atomic mass is 9.92. The van der Waals surface area contributed by atoms with Gasteiger partial charge in [-0.25, -0.2) is 0 Å². The van der Waals surface area contributed by atoms with Crippen LogP contribution in [0.2, 0.25) is 0 Å². The van der Waals surface area contributed by atoms with Crippen LogP contribution in [0, 0.1) is 0 Å². The van der Waals surface area contributed by atoms with Crippen molar-refractivity contribution in [3.05, 3.63) is 212 Å². The maximum atomic E-state index is 2.47. The fraction of sp³-hybridized carbons (Fsp3) is 0. The van der Waals surface area contributed by atoms with Crippen molar-refractivity contribution in [3.63, 3.8) is 0 Å². The van der Waals surface area contributed by atoms with Crippen molar-refractivity contribution in [3.8, 4) is 33.4 Å². The van der Waals surface area contributed by atoms with E-state index < -0.39 is 0 Å². The third kappa shape index (κ3) is 5.34. The van der Waals surface area contributed by atoms with Crippen molar-refractivity contribution in [2.24, 2.45) is 0 Å². The Morgan fingerprint density at radius 1 is 0.245 bits per heavy atom. The molecule has 0 saturated carbocycles. The normalized spacial score (nSPS) is 11.4. The van der Waals surface area contributed by atoms with Gasteiger partial charge in [-0.05, 0) is 95.9 Å². The van der Waals surface area contributed by atoms with E-state index in [0.29, 0.717) is 0 Å². The Morgan fingerprint density at radius 2 is 0.774 bits per heavy atom. The number of hydrogen-bond acceptors (Lipinski definition) is 1. The summed E-state index contributed by atoms with van der Waals surface area (Å²) >= 11 is 0. The molecule has 0 aliphatic rings. The second-order valence-corrected chi connectivity index (χ2v) is 13.7. The average molecular weight is 674 g/mol. The lowest BCUT2D eigenvalue weighted by Crippen LogP contribution is -2.12. The minimum absolute atomic E-state index is 1.10. The first-order valence-electron chi connectivity index (χ1n) is 18.3. The molecule has 0 aliphatic carbocycles. The van der Waals surface area contributed by atoms with Crippen LogP contribution in [0.15, 0.2) is 212 Å². The molecule has 0 aromatic heterocycles. The third-order valence-corrected chi connectivity index (χ3v) is 10.6. The van der Waals surface area contributed by atoms with Gasteiger partial charge in [0.05, 0.1) is 11.4 Å². The first-order chi connectivity index (χ1) is 26.3. The lowest BCUT2D eigenvalue weighted by Gasteiger charge is -2.30. The number of benzene rings is 10. The Labute approximate surface area is 309 Å². The molecule has 0 N–H and O–H groups in total. The molecule has 0 bridgehead atoms. The van der Waals surface area contributed by atoms with Crippen LogP contribution < -0.4 is 4.90 Å². The van der Waals surface area contributed by atoms with Crippen molar-refractivity contribution in [2.75, 3.05) is 4.90 Å². The van der Waals surface area contributed by atoms with Gasteiger partial charge in [-0.15, -0.1) is 0 Å². The van der Waals surface area contributed by atoms with E-state index in [4.69, 9.17) is 0 Å². The first kappa shape index (κ1) is 30.8. The molecular formula is C52H35N. The molecule has 1 heteroatoms. The van der Waals surface area contributed by atoms with Crippen molar-refractivity contribution < 1.29 is 0 Å². The van der Waals surface area contributed by atoms with Gasteiger partial charge in [0.2, 0.25) is 0 Å². The summed E-state index contributed by atoms with van der Waals surface area (Å²) in [5, 5.41) is 9.93. The van der Waals surface area contributed by atoms with Crippen molar-refractivity contribution in [1.82, 2.24) is 0 Å². The summed E-state index contributed by atoms with van der Waals surface area (Å²) in [7, 11) is 0. The highest BCUT2D eigenvalue weighted by atomic mass is 15.1. The number of anilines is 3. The average Bonchev–Trinajstić information content (AvgIpc) is 3.24. The molecule has 0 radical (unpaired) electrons. The van der Waals surface area contributed by atoms with Crippen LogP contribution in [-0.2, 0) is 0 Å². The number of fused-ring (bicyclic) bond motifs is 5. The van der Waals surface area contributed by atoms with E-state index >= 15 is 0 Å². The Kier molecular flexibility index (Phi) is 7.55. The Hall–Kier alpha value is -6.96. The minimum atomic E-state index is 1.10. The summed E-state index contributed by atoms with van der Waals surface area (Å²) < 4.78 is 0. The molecule has 0 unspecified atom stereocenters. The molecule has 53 heavy (non-hydrogen) atoms. The van der Waals surface area contributed by atoms with E-state index in [1.54, 1.807) is 0 Å². The van der Waals surface area contributed by atoms with E-state index in [2.05, 4.69) is 217 Å². The number of nitrogens with zero attached hydrogens (tertiary/aromatic N) is 1. The molecule has 0 saturated heterocycles. The zero-order valence-electron chi connectivity index (χ0n) is 29.2. The highest BCUT2D eigenvalue weighted by Gasteiger charge is 2.21. The number of hydrogen-bond donors (Lipinski definition) is 0. The van der Waals surface area contributed by atoms with E-state index in [1.807, 2.05) is 0 Å². The van der Waals surface area contributed by atoms with Crippen LogP contribution >= 0.6 is 0 Å². The second-order valence-electron chi connectivity index (χ2n) is 13.7. The maximum absolute atomic E-state index is 2.47. The molecule has 0 fully saturated rings. The van der Waals surface area contributed by atoms with Crippen LogP contribution in [0.25, 0.3) is 76.5 Å². The molecule has 248 valence electrons. The van der Waals surface area contributed by atoms with Crippen molar-refractivity contribution in [2.45, 2.75) is 0 Å². The number of rotatable bonds is 6. The van der Waals surface area contributed by atoms with Gasteiger partial charge in [-0.2, -0.15) is 0 Å². The number of para-hydroxylation sites is 1. The molecule has 0 heterocycles. The summed E-state index contributed by atoms with van der Waals surface area (Å²) in [5.74, 6) is 0. The zero-order valence-corrected chi connectivity index (χ0v) is 29.2. The molecule has 10 aromatic carbocycles. The van der Waals surface area contributed by atoms with Crippen molar-refractivity contribution >= 4 is 60.2 Å². The monoisotopic (exact) mass is 673 g/mol. The van der Waals surface area contributed by atoms with Gasteiger partial charge < -0.3 is 4.90 Å². The smallest absolute Gasteiger partial charge is 0.0540 e. The van der Waals surface area contributed by atoms with Crippen LogP contribution in [0.1, 0.15) is 0 Å². The zero-order chi connectivity index (χ0) is 35.1. The Morgan fingerprint density at radius 3 is 1.66 bits per heavy atom. The van der Waals surface area contributed by atoms with Gasteiger partial charge in [-0.1, -0.05) is 182 Å². The van der Waals surface area contributed by atoms with Crippen LogP contribution in [-0.4, -0.2) is 0 Å². The Balaban J connectivity index is 1.25. The van der Waals surface area contributed by atoms with Crippen molar-refractivity contribution in [1.29, 1.82) is 0 Å². The highest BCUT2D eigenvalue weighted by molar-refractivity contribution is 6.14. The van der Waals surface area contributed by atoms with E-state index in [-0.39, 0.29) is 0 Å². The Bertz CT molecular complexity index is 2950. The molecule has 0 atom stereocenters. The molecule has 0 aliphatic heterocycles. The summed E-state index contributed by atoms with van der Waals surface area (Å²) in [5.41, 5.74) is 10.6. The predicted octanol–water partition coefficient (Wildman–Crippen LogP) is 14.8. The fourth-order valence-electron chi connectivity index (χ4n) is 8.23. The van der Waals surface area contributed by atoms with E-state index in [0.717, 1.165) is 17.1 Å². The first-order valence-corrected chi connectivity index (χ1v) is 18.3. The summed E-state index contributed by atoms with van der Waals surface area (Å²) in [6.07, 6.45) is 0. The summed E-state index contributed by atoms with van der Waals surface area (Å²) in [6, 6.07) is 77.3. The SMILES string of the molecule is c1ccc(-c2cccc3c(N(c4cccc(-c5cc6ccccc6c6ccccc56)c4)c4ccccc4-c4cccc5ccccc45)cccc23)cc1. The van der Waals surface area contributed by atoms with Gasteiger partial charge in [0.15, 0.2) is 0 Å². The second kappa shape index (κ2) is 13.0. The maximum Gasteiger partial charge on any atom is 0.0540 e. The quantitative estimate of drug-likeness (QED) is 0.159. The molecular weight excluding hydrogens is 639 g/mol. The molecule has 0 spiro atoms. The van der Waals surface area contributed by atoms with E-state index in [1.165, 1.54) is 76.5 Å². The molecule has 10 aromatic rings. The highest BCUT2D eigenvalue weighted by Crippen LogP contribution is 2.47. The third-order valence-electron chi connectivity index (χ3n) is 10.6. The lowest BCUT2D eigenvalue weighted by molar-refractivity contribution is 1.30. The standard InChI is InChI=1S/C52H35N/c1-2-16-36(17-3-1)42-28-14-31-49-46(42)30-15-33-52(49)53(51-32-11-10-27-48(51)45-29-13-20-37-18-4-6-23-41(37)45)40-22-12-21-38(34-40)50-35-39-19-5-7-24-43(39)44-25-8-9-26-47(44)50/h1-35H. The summed E-state index contributed by atoms with van der Waals surface area (Å²) in [4.78, 5) is 2.47. The predicted molar refractivity (Wildman–Crippen MR) is 227 cm³/mol. The van der Waals surface area contributed by atoms with E-state index in [9.17, 15) is 0 Å². The van der Waals surface area contributed by atoms with Gasteiger partial charge in [-0.3, -0.25) is 0 Å². The van der Waals surface area contributed by atoms with Crippen LogP contribution in [0.5, 0.6) is 0 Å². The minimum Gasteiger partial charge on any atom is -0.309 e. The molecule has 0 amide bonds. The van der Waals surface area contributed by atoms with Crippen LogP contribution in [0.3, 0.4) is 0 Å². The van der Waals surface area contributed by atoms with Gasteiger partial charge in [0.1, 0.15) is 0 Å². The van der Waals surface area contributed by atoms with Crippen LogP contribution in [0.4, 0.5) is 17.1 Å². The topological polar surface area (TPSA) is 3.24 Å².